The molecule has 1 unspecified atom stereocenters. The molecule has 1 fully saturated rings. The van der Waals surface area contributed by atoms with E-state index in [1.165, 1.54) is 0 Å². The summed E-state index contributed by atoms with van der Waals surface area (Å²) in [5.41, 5.74) is 3.11. The van der Waals surface area contributed by atoms with Gasteiger partial charge in [-0.3, -0.25) is 4.79 Å². The monoisotopic (exact) mass is 351 g/mol. The van der Waals surface area contributed by atoms with Gasteiger partial charge in [-0.05, 0) is 41.5 Å². The highest BCUT2D eigenvalue weighted by molar-refractivity contribution is 5.83. The number of aromatic amines is 1. The normalized spacial score (nSPS) is 28.1. The Kier molecular flexibility index (Phi) is 3.13. The Morgan fingerprint density at radius 3 is 2.72 bits per heavy atom. The summed E-state index contributed by atoms with van der Waals surface area (Å²) in [7, 11) is 0. The van der Waals surface area contributed by atoms with Crippen LogP contribution in [0.25, 0.3) is 11.0 Å². The maximum atomic E-state index is 13.1. The third kappa shape index (κ3) is 2.07. The summed E-state index contributed by atoms with van der Waals surface area (Å²) in [5.74, 6) is -1.72. The van der Waals surface area contributed by atoms with Crippen molar-refractivity contribution >= 4 is 16.9 Å². The fourth-order valence-electron chi connectivity index (χ4n) is 4.75. The van der Waals surface area contributed by atoms with Crippen molar-refractivity contribution in [2.45, 2.75) is 51.2 Å². The number of carbonyl (C=O) groups excluding carboxylic acids is 1. The van der Waals surface area contributed by atoms with E-state index in [1.807, 2.05) is 19.9 Å². The van der Waals surface area contributed by atoms with Crippen LogP contribution in [0.15, 0.2) is 18.5 Å². The quantitative estimate of drug-likeness (QED) is 0.789. The van der Waals surface area contributed by atoms with Crippen molar-refractivity contribution in [3.8, 4) is 0 Å². The summed E-state index contributed by atoms with van der Waals surface area (Å²) in [6, 6.07) is 3.55. The number of alkyl halides is 3. The molecule has 2 atom stereocenters. The first-order valence-electron chi connectivity index (χ1n) is 8.40. The van der Waals surface area contributed by atoms with Gasteiger partial charge in [-0.25, -0.2) is 4.98 Å². The lowest BCUT2D eigenvalue weighted by atomic mass is 9.51. The zero-order chi connectivity index (χ0) is 18.2. The topological polar surface area (TPSA) is 49.0 Å². The summed E-state index contributed by atoms with van der Waals surface area (Å²) >= 11 is 0. The molecule has 1 aromatic heterocycles. The third-order valence-electron chi connectivity index (χ3n) is 6.64. The number of piperidine rings is 1. The predicted octanol–water partition coefficient (Wildman–Crippen LogP) is 3.57. The van der Waals surface area contributed by atoms with Crippen LogP contribution >= 0.6 is 0 Å². The van der Waals surface area contributed by atoms with Gasteiger partial charge in [0.1, 0.15) is 0 Å². The van der Waals surface area contributed by atoms with Crippen LogP contribution in [0.5, 0.6) is 0 Å². The molecule has 4 nitrogen and oxygen atoms in total. The Bertz CT molecular complexity index is 870. The molecule has 7 heteroatoms. The lowest BCUT2D eigenvalue weighted by Gasteiger charge is -2.60. The van der Waals surface area contributed by atoms with Crippen LogP contribution in [0.2, 0.25) is 0 Å². The van der Waals surface area contributed by atoms with Crippen molar-refractivity contribution in [3.05, 3.63) is 29.6 Å². The minimum atomic E-state index is -4.84. The first-order chi connectivity index (χ1) is 11.6. The maximum absolute atomic E-state index is 13.1. The molecule has 1 N–H and O–H groups in total. The number of benzene rings is 1. The molecule has 1 aromatic carbocycles. The number of nitrogens with zero attached hydrogens (tertiary/aromatic N) is 2. The zero-order valence-corrected chi connectivity index (χ0v) is 14.4. The Morgan fingerprint density at radius 1 is 1.32 bits per heavy atom. The van der Waals surface area contributed by atoms with E-state index in [-0.39, 0.29) is 12.0 Å². The number of hydrogen-bond donors (Lipinski definition) is 1. The highest BCUT2D eigenvalue weighted by Crippen LogP contribution is 2.56. The molecule has 2 heterocycles. The standard InChI is InChI=1S/C18H20F3N3O/c1-16(2)14-7-10-6-12-13(23-9-22-12)8-11(10)17(16,3)4-5-24(14)15(25)18(19,20)21/h6,8-9,14H,4-5,7H2,1-3H3,(H,22,23)/t14?,17-/m0/s1. The summed E-state index contributed by atoms with van der Waals surface area (Å²) in [4.78, 5) is 20.4. The maximum Gasteiger partial charge on any atom is 0.471 e. The zero-order valence-electron chi connectivity index (χ0n) is 14.4. The second-order valence-electron chi connectivity index (χ2n) is 7.95. The molecule has 4 rings (SSSR count). The molecule has 1 amide bonds. The van der Waals surface area contributed by atoms with Crippen molar-refractivity contribution in [2.24, 2.45) is 5.41 Å². The molecular formula is C18H20F3N3O. The number of fused-ring (bicyclic) bond motifs is 5. The number of nitrogens with one attached hydrogen (secondary N) is 1. The summed E-state index contributed by atoms with van der Waals surface area (Å²) < 4.78 is 39.2. The van der Waals surface area contributed by atoms with E-state index in [4.69, 9.17) is 0 Å². The summed E-state index contributed by atoms with van der Waals surface area (Å²) in [6.07, 6.45) is -2.29. The van der Waals surface area contributed by atoms with Gasteiger partial charge in [0.05, 0.1) is 17.4 Å². The fraction of sp³-hybridized carbons (Fsp3) is 0.556. The SMILES string of the molecule is CC1(C)C2Cc3cc4[nH]cnc4cc3[C@]1(C)CCN2C(=O)C(F)(F)F. The minimum Gasteiger partial charge on any atom is -0.345 e. The first-order valence-corrected chi connectivity index (χ1v) is 8.40. The number of H-pyrrole nitrogens is 1. The molecule has 2 aliphatic rings. The van der Waals surface area contributed by atoms with E-state index in [0.29, 0.717) is 12.8 Å². The van der Waals surface area contributed by atoms with Gasteiger partial charge in [0, 0.05) is 18.0 Å². The lowest BCUT2D eigenvalue weighted by Crippen LogP contribution is -2.66. The molecule has 134 valence electrons. The Hall–Kier alpha value is -2.05. The number of amides is 1. The van der Waals surface area contributed by atoms with Gasteiger partial charge in [-0.1, -0.05) is 20.8 Å². The van der Waals surface area contributed by atoms with Crippen molar-refractivity contribution in [2.75, 3.05) is 6.54 Å². The fourth-order valence-corrected chi connectivity index (χ4v) is 4.75. The number of likely N-dealkylation sites (tertiary alicyclic amines) is 1. The van der Waals surface area contributed by atoms with Crippen molar-refractivity contribution < 1.29 is 18.0 Å². The van der Waals surface area contributed by atoms with E-state index < -0.39 is 23.5 Å². The molecule has 1 aliphatic carbocycles. The number of halogens is 3. The highest BCUT2D eigenvalue weighted by Gasteiger charge is 2.59. The van der Waals surface area contributed by atoms with E-state index in [1.54, 1.807) is 6.33 Å². The van der Waals surface area contributed by atoms with Crippen LogP contribution in [0, 0.1) is 5.41 Å². The van der Waals surface area contributed by atoms with Gasteiger partial charge >= 0.3 is 12.1 Å². The number of hydrogen-bond acceptors (Lipinski definition) is 2. The second-order valence-corrected chi connectivity index (χ2v) is 7.95. The summed E-state index contributed by atoms with van der Waals surface area (Å²) in [6.45, 7) is 6.18. The molecule has 0 spiro atoms. The highest BCUT2D eigenvalue weighted by atomic mass is 19.4. The molecule has 1 aliphatic heterocycles. The number of rotatable bonds is 0. The van der Waals surface area contributed by atoms with Crippen molar-refractivity contribution in [1.29, 1.82) is 0 Å². The number of carbonyl (C=O) groups is 1. The molecule has 2 aromatic rings. The first kappa shape index (κ1) is 16.4. The molecule has 0 saturated carbocycles. The van der Waals surface area contributed by atoms with Crippen LogP contribution in [-0.4, -0.2) is 39.5 Å². The van der Waals surface area contributed by atoms with E-state index in [0.717, 1.165) is 27.1 Å². The van der Waals surface area contributed by atoms with Gasteiger partial charge in [0.15, 0.2) is 0 Å². The van der Waals surface area contributed by atoms with Crippen molar-refractivity contribution in [3.63, 3.8) is 0 Å². The van der Waals surface area contributed by atoms with Crippen molar-refractivity contribution in [1.82, 2.24) is 14.9 Å². The van der Waals surface area contributed by atoms with Crippen LogP contribution < -0.4 is 0 Å². The Morgan fingerprint density at radius 2 is 2.04 bits per heavy atom. The number of aromatic nitrogens is 2. The van der Waals surface area contributed by atoms with Gasteiger partial charge < -0.3 is 9.88 Å². The van der Waals surface area contributed by atoms with Crippen LogP contribution in [0.3, 0.4) is 0 Å². The van der Waals surface area contributed by atoms with Crippen LogP contribution in [0.4, 0.5) is 13.2 Å². The van der Waals surface area contributed by atoms with E-state index in [9.17, 15) is 18.0 Å². The smallest absolute Gasteiger partial charge is 0.345 e. The molecule has 1 saturated heterocycles. The Labute approximate surface area is 143 Å². The van der Waals surface area contributed by atoms with Crippen LogP contribution in [-0.2, 0) is 16.6 Å². The third-order valence-corrected chi connectivity index (χ3v) is 6.64. The van der Waals surface area contributed by atoms with Gasteiger partial charge in [-0.2, -0.15) is 13.2 Å². The van der Waals surface area contributed by atoms with E-state index >= 15 is 0 Å². The van der Waals surface area contributed by atoms with E-state index in [2.05, 4.69) is 23.0 Å². The molecule has 25 heavy (non-hydrogen) atoms. The second kappa shape index (κ2) is 4.77. The average Bonchev–Trinajstić information content (AvgIpc) is 2.95. The van der Waals surface area contributed by atoms with Gasteiger partial charge in [-0.15, -0.1) is 0 Å². The Balaban J connectivity index is 1.87. The van der Waals surface area contributed by atoms with Crippen LogP contribution in [0.1, 0.15) is 38.3 Å². The minimum absolute atomic E-state index is 0.126. The summed E-state index contributed by atoms with van der Waals surface area (Å²) in [5, 5.41) is 0. The predicted molar refractivity (Wildman–Crippen MR) is 87.1 cm³/mol. The average molecular weight is 351 g/mol. The van der Waals surface area contributed by atoms with Gasteiger partial charge in [0.25, 0.3) is 0 Å². The molecule has 2 bridgehead atoms. The molecular weight excluding hydrogens is 331 g/mol. The van der Waals surface area contributed by atoms with Gasteiger partial charge in [0.2, 0.25) is 0 Å². The lowest BCUT2D eigenvalue weighted by molar-refractivity contribution is -0.195. The number of imidazole rings is 1. The molecule has 0 radical (unpaired) electrons. The largest absolute Gasteiger partial charge is 0.471 e.